The summed E-state index contributed by atoms with van der Waals surface area (Å²) in [5, 5.41) is 0. The third kappa shape index (κ3) is 11.2. The molecule has 0 saturated carbocycles. The molecule has 0 unspecified atom stereocenters. The normalized spacial score (nSPS) is 10.4. The largest absolute Gasteiger partial charge is 0.337 e. The fourth-order valence-electron chi connectivity index (χ4n) is 2.38. The Morgan fingerprint density at radius 3 is 1.79 bits per heavy atom. The summed E-state index contributed by atoms with van der Waals surface area (Å²) in [7, 11) is 0. The van der Waals surface area contributed by atoms with Crippen molar-refractivity contribution in [3.05, 3.63) is 18.7 Å². The number of unbranched alkanes of at least 4 members (excludes halogenated alkanes) is 10. The summed E-state index contributed by atoms with van der Waals surface area (Å²) >= 11 is 0. The minimum atomic E-state index is 0. The van der Waals surface area contributed by atoms with E-state index in [0.717, 1.165) is 6.54 Å². The average molecular weight is 331 g/mol. The lowest BCUT2D eigenvalue weighted by molar-refractivity contribution is 0.531. The van der Waals surface area contributed by atoms with Gasteiger partial charge in [-0.25, -0.2) is 4.98 Å². The Balaban J connectivity index is 0.00000324. The molecule has 0 aromatic carbocycles. The molecule has 112 valence electrons. The van der Waals surface area contributed by atoms with Crippen LogP contribution in [0, 0.1) is 0 Å². The van der Waals surface area contributed by atoms with Gasteiger partial charge in [0.25, 0.3) is 0 Å². The molecule has 0 fully saturated rings. The lowest BCUT2D eigenvalue weighted by Crippen LogP contribution is -1.93. The Kier molecular flexibility index (Phi) is 13.9. The van der Waals surface area contributed by atoms with Gasteiger partial charge < -0.3 is 4.57 Å². The predicted octanol–water partition coefficient (Wildman–Crippen LogP) is 5.77. The fraction of sp³-hybridized carbons (Fsp3) is 0.812. The van der Waals surface area contributed by atoms with Crippen molar-refractivity contribution >= 4 is 17.0 Å². The van der Waals surface area contributed by atoms with E-state index in [-0.39, 0.29) is 17.0 Å². The summed E-state index contributed by atoms with van der Waals surface area (Å²) < 4.78 is 2.17. The highest BCUT2D eigenvalue weighted by Gasteiger charge is 1.93. The van der Waals surface area contributed by atoms with E-state index < -0.39 is 0 Å². The first-order valence-corrected chi connectivity index (χ1v) is 7.89. The molecule has 1 aromatic heterocycles. The van der Waals surface area contributed by atoms with Gasteiger partial charge in [-0.2, -0.15) is 0 Å². The van der Waals surface area contributed by atoms with E-state index >= 15 is 0 Å². The molecular formula is C16H31BrN2. The monoisotopic (exact) mass is 330 g/mol. The van der Waals surface area contributed by atoms with E-state index in [9.17, 15) is 0 Å². The third-order valence-corrected chi connectivity index (χ3v) is 3.58. The van der Waals surface area contributed by atoms with Gasteiger partial charge in [-0.05, 0) is 6.42 Å². The van der Waals surface area contributed by atoms with Crippen LogP contribution in [0.5, 0.6) is 0 Å². The zero-order valence-corrected chi connectivity index (χ0v) is 14.2. The van der Waals surface area contributed by atoms with Crippen molar-refractivity contribution in [1.82, 2.24) is 9.55 Å². The van der Waals surface area contributed by atoms with Crippen molar-refractivity contribution in [1.29, 1.82) is 0 Å². The van der Waals surface area contributed by atoms with E-state index in [1.807, 2.05) is 12.5 Å². The second-order valence-electron chi connectivity index (χ2n) is 5.34. The zero-order valence-electron chi connectivity index (χ0n) is 12.5. The minimum Gasteiger partial charge on any atom is -0.337 e. The summed E-state index contributed by atoms with van der Waals surface area (Å²) in [6.07, 6.45) is 21.4. The molecule has 0 spiro atoms. The molecule has 0 bridgehead atoms. The van der Waals surface area contributed by atoms with Gasteiger partial charge in [0, 0.05) is 18.9 Å². The Hall–Kier alpha value is -0.310. The van der Waals surface area contributed by atoms with Gasteiger partial charge in [0.2, 0.25) is 0 Å². The SMILES string of the molecule is Br.CCCCCCCCCCCCCn1ccnc1. The first kappa shape index (κ1) is 18.7. The van der Waals surface area contributed by atoms with Crippen LogP contribution in [0.4, 0.5) is 0 Å². The molecule has 0 aliphatic carbocycles. The quantitative estimate of drug-likeness (QED) is 0.444. The van der Waals surface area contributed by atoms with Crippen LogP contribution in [0.25, 0.3) is 0 Å². The topological polar surface area (TPSA) is 17.8 Å². The lowest BCUT2D eigenvalue weighted by atomic mass is 10.1. The van der Waals surface area contributed by atoms with Gasteiger partial charge in [0.15, 0.2) is 0 Å². The summed E-state index contributed by atoms with van der Waals surface area (Å²) in [6.45, 7) is 3.42. The van der Waals surface area contributed by atoms with Crippen LogP contribution < -0.4 is 0 Å². The van der Waals surface area contributed by atoms with Crippen LogP contribution in [0.15, 0.2) is 18.7 Å². The number of halogens is 1. The maximum atomic E-state index is 4.06. The Morgan fingerprint density at radius 2 is 1.32 bits per heavy atom. The zero-order chi connectivity index (χ0) is 12.9. The first-order chi connectivity index (χ1) is 8.93. The van der Waals surface area contributed by atoms with Crippen LogP contribution in [-0.2, 0) is 6.54 Å². The lowest BCUT2D eigenvalue weighted by Gasteiger charge is -2.03. The average Bonchev–Trinajstić information content (AvgIpc) is 2.89. The summed E-state index contributed by atoms with van der Waals surface area (Å²) in [5.74, 6) is 0. The molecule has 1 aromatic rings. The number of aromatic nitrogens is 2. The molecule has 0 saturated heterocycles. The van der Waals surface area contributed by atoms with Crippen LogP contribution in [-0.4, -0.2) is 9.55 Å². The standard InChI is InChI=1S/C16H30N2.BrH/c1-2-3-4-5-6-7-8-9-10-11-12-14-18-15-13-17-16-18;/h13,15-16H,2-12,14H2,1H3;1H. The van der Waals surface area contributed by atoms with E-state index in [2.05, 4.69) is 22.7 Å². The third-order valence-electron chi connectivity index (χ3n) is 3.58. The van der Waals surface area contributed by atoms with Crippen molar-refractivity contribution in [3.8, 4) is 0 Å². The van der Waals surface area contributed by atoms with Gasteiger partial charge >= 0.3 is 0 Å². The van der Waals surface area contributed by atoms with Crippen LogP contribution >= 0.6 is 17.0 Å². The minimum absolute atomic E-state index is 0. The summed E-state index contributed by atoms with van der Waals surface area (Å²) in [4.78, 5) is 4.06. The predicted molar refractivity (Wildman–Crippen MR) is 89.0 cm³/mol. The van der Waals surface area contributed by atoms with Crippen molar-refractivity contribution in [2.45, 2.75) is 84.1 Å². The van der Waals surface area contributed by atoms with Gasteiger partial charge in [0.05, 0.1) is 6.33 Å². The van der Waals surface area contributed by atoms with Crippen molar-refractivity contribution in [3.63, 3.8) is 0 Å². The molecular weight excluding hydrogens is 300 g/mol. The fourth-order valence-corrected chi connectivity index (χ4v) is 2.38. The number of nitrogens with zero attached hydrogens (tertiary/aromatic N) is 2. The highest BCUT2D eigenvalue weighted by atomic mass is 79.9. The van der Waals surface area contributed by atoms with Crippen molar-refractivity contribution in [2.24, 2.45) is 0 Å². The number of aryl methyl sites for hydroxylation is 1. The number of hydrogen-bond donors (Lipinski definition) is 0. The van der Waals surface area contributed by atoms with E-state index in [4.69, 9.17) is 0 Å². The van der Waals surface area contributed by atoms with E-state index in [0.29, 0.717) is 0 Å². The summed E-state index contributed by atoms with van der Waals surface area (Å²) in [5.41, 5.74) is 0. The van der Waals surface area contributed by atoms with Crippen molar-refractivity contribution < 1.29 is 0 Å². The maximum absolute atomic E-state index is 4.06. The van der Waals surface area contributed by atoms with Crippen LogP contribution in [0.1, 0.15) is 77.6 Å². The number of hydrogen-bond acceptors (Lipinski definition) is 1. The first-order valence-electron chi connectivity index (χ1n) is 7.89. The molecule has 0 aliphatic rings. The highest BCUT2D eigenvalue weighted by Crippen LogP contribution is 2.11. The maximum Gasteiger partial charge on any atom is 0.0945 e. The van der Waals surface area contributed by atoms with Gasteiger partial charge in [-0.15, -0.1) is 17.0 Å². The Labute approximate surface area is 129 Å². The van der Waals surface area contributed by atoms with Gasteiger partial charge in [0.1, 0.15) is 0 Å². The molecule has 0 amide bonds. The van der Waals surface area contributed by atoms with Crippen LogP contribution in [0.2, 0.25) is 0 Å². The Bertz CT molecular complexity index is 260. The molecule has 3 heteroatoms. The molecule has 1 heterocycles. The van der Waals surface area contributed by atoms with Gasteiger partial charge in [-0.3, -0.25) is 0 Å². The molecule has 1 rings (SSSR count). The van der Waals surface area contributed by atoms with Crippen LogP contribution in [0.3, 0.4) is 0 Å². The molecule has 0 radical (unpaired) electrons. The molecule has 0 aliphatic heterocycles. The number of imidazole rings is 1. The molecule has 2 nitrogen and oxygen atoms in total. The molecule has 0 N–H and O–H groups in total. The Morgan fingerprint density at radius 1 is 0.789 bits per heavy atom. The summed E-state index contributed by atoms with van der Waals surface area (Å²) in [6, 6.07) is 0. The smallest absolute Gasteiger partial charge is 0.0945 e. The number of rotatable bonds is 12. The highest BCUT2D eigenvalue weighted by molar-refractivity contribution is 8.93. The van der Waals surface area contributed by atoms with Gasteiger partial charge in [-0.1, -0.05) is 71.1 Å². The second kappa shape index (κ2) is 14.1. The molecule has 19 heavy (non-hydrogen) atoms. The molecule has 0 atom stereocenters. The van der Waals surface area contributed by atoms with E-state index in [1.54, 1.807) is 0 Å². The second-order valence-corrected chi connectivity index (χ2v) is 5.34. The van der Waals surface area contributed by atoms with E-state index in [1.165, 1.54) is 70.6 Å². The van der Waals surface area contributed by atoms with Crippen molar-refractivity contribution in [2.75, 3.05) is 0 Å².